The highest BCUT2D eigenvalue weighted by Gasteiger charge is 1.96. The summed E-state index contributed by atoms with van der Waals surface area (Å²) in [6.07, 6.45) is 1.43. The molecule has 0 aromatic carbocycles. The van der Waals surface area contributed by atoms with Gasteiger partial charge in [-0.15, -0.1) is 0 Å². The van der Waals surface area contributed by atoms with Crippen LogP contribution < -0.4 is 11.0 Å². The molecule has 5 heteroatoms. The molecule has 3 N–H and O–H groups in total. The average Bonchev–Trinajstić information content (AvgIpc) is 1.88. The van der Waals surface area contributed by atoms with Crippen LogP contribution in [0.3, 0.4) is 0 Å². The number of hydrogen-bond acceptors (Lipinski definition) is 5. The Kier molecular flexibility index (Phi) is 1.70. The van der Waals surface area contributed by atoms with E-state index in [-0.39, 0.29) is 16.7 Å². The van der Waals surface area contributed by atoms with E-state index >= 15 is 0 Å². The van der Waals surface area contributed by atoms with Crippen molar-refractivity contribution in [3.8, 4) is 0 Å². The summed E-state index contributed by atoms with van der Waals surface area (Å²) in [6, 6.07) is 2.88. The van der Waals surface area contributed by atoms with Crippen LogP contribution in [0.2, 0.25) is 0 Å². The molecule has 0 radical (unpaired) electrons. The average molecular weight is 140 g/mol. The van der Waals surface area contributed by atoms with Crippen molar-refractivity contribution < 1.29 is 5.21 Å². The lowest BCUT2D eigenvalue weighted by molar-refractivity contribution is 0.297. The van der Waals surface area contributed by atoms with Gasteiger partial charge in [0.1, 0.15) is 5.82 Å². The molecule has 1 rings (SSSR count). The van der Waals surface area contributed by atoms with Crippen LogP contribution in [-0.2, 0) is 0 Å². The van der Waals surface area contributed by atoms with E-state index in [1.807, 2.05) is 0 Å². The fourth-order valence-electron chi connectivity index (χ4n) is 0.571. The number of rotatable bonds is 1. The molecule has 0 aliphatic carbocycles. The highest BCUT2D eigenvalue weighted by atomic mass is 16.8. The Hall–Kier alpha value is -1.33. The first kappa shape index (κ1) is 6.79. The van der Waals surface area contributed by atoms with Crippen LogP contribution in [0.5, 0.6) is 0 Å². The van der Waals surface area contributed by atoms with Gasteiger partial charge in [0, 0.05) is 6.20 Å². The molecule has 0 spiro atoms. The normalized spacial score (nSPS) is 9.40. The molecule has 0 saturated heterocycles. The van der Waals surface area contributed by atoms with Gasteiger partial charge in [-0.1, -0.05) is 0 Å². The van der Waals surface area contributed by atoms with Gasteiger partial charge < -0.3 is 16.2 Å². The van der Waals surface area contributed by atoms with Crippen LogP contribution in [0.1, 0.15) is 0 Å². The number of aromatic nitrogens is 1. The van der Waals surface area contributed by atoms with Crippen LogP contribution >= 0.6 is 0 Å². The van der Waals surface area contributed by atoms with Crippen LogP contribution in [0.15, 0.2) is 18.3 Å². The monoisotopic (exact) mass is 140 g/mol. The van der Waals surface area contributed by atoms with Gasteiger partial charge in [0.05, 0.1) is 5.69 Å². The Balaban J connectivity index is 3.03. The van der Waals surface area contributed by atoms with E-state index in [0.717, 1.165) is 0 Å². The van der Waals surface area contributed by atoms with Crippen molar-refractivity contribution in [3.63, 3.8) is 0 Å². The van der Waals surface area contributed by atoms with E-state index in [1.165, 1.54) is 18.3 Å². The fourth-order valence-corrected chi connectivity index (χ4v) is 0.571. The van der Waals surface area contributed by atoms with Crippen LogP contribution in [0, 0.1) is 5.21 Å². The van der Waals surface area contributed by atoms with Gasteiger partial charge in [0.2, 0.25) is 0 Å². The number of nitrogens with zero attached hydrogens (tertiary/aromatic N) is 2. The second-order valence-corrected chi connectivity index (χ2v) is 1.68. The van der Waals surface area contributed by atoms with Gasteiger partial charge in [-0.25, -0.2) is 4.98 Å². The van der Waals surface area contributed by atoms with Crippen molar-refractivity contribution >= 4 is 11.5 Å². The maximum Gasteiger partial charge on any atom is 0.148 e. The molecular weight excluding hydrogens is 134 g/mol. The Morgan fingerprint density at radius 1 is 1.70 bits per heavy atom. The third-order valence-corrected chi connectivity index (χ3v) is 1.02. The molecule has 0 aliphatic rings. The minimum absolute atomic E-state index is 0.0139. The third-order valence-electron chi connectivity index (χ3n) is 1.02. The maximum atomic E-state index is 10.2. The molecule has 5 nitrogen and oxygen atoms in total. The fraction of sp³-hybridized carbons (Fsp3) is 0. The van der Waals surface area contributed by atoms with Gasteiger partial charge in [-0.05, 0) is 12.1 Å². The molecule has 0 aliphatic heterocycles. The maximum absolute atomic E-state index is 10.2. The van der Waals surface area contributed by atoms with Gasteiger partial charge in [0.25, 0.3) is 0 Å². The van der Waals surface area contributed by atoms with Crippen molar-refractivity contribution in [2.45, 2.75) is 0 Å². The number of nitrogen functional groups attached to an aromatic ring is 1. The molecule has 0 saturated carbocycles. The van der Waals surface area contributed by atoms with Gasteiger partial charge in [0.15, 0.2) is 0 Å². The first-order valence-electron chi connectivity index (χ1n) is 2.58. The largest absolute Gasteiger partial charge is 0.733 e. The van der Waals surface area contributed by atoms with Crippen LogP contribution in [0.25, 0.3) is 0 Å². The van der Waals surface area contributed by atoms with E-state index in [4.69, 9.17) is 10.9 Å². The van der Waals surface area contributed by atoms with Crippen LogP contribution in [-0.4, -0.2) is 10.2 Å². The molecular formula is C5H6N3O2-. The zero-order valence-electron chi connectivity index (χ0n) is 5.06. The molecule has 1 aromatic rings. The van der Waals surface area contributed by atoms with Crippen molar-refractivity contribution in [2.75, 3.05) is 11.0 Å². The lowest BCUT2D eigenvalue weighted by Crippen LogP contribution is -2.10. The number of hydrogen-bond donors (Lipinski definition) is 2. The van der Waals surface area contributed by atoms with E-state index < -0.39 is 0 Å². The standard InChI is InChI=1S/C5H6N3O2/c6-5-4(8(9)10)2-1-3-7-5/h1-3,9H,(H2,6,7)/q-1. The number of anilines is 2. The zero-order chi connectivity index (χ0) is 7.56. The summed E-state index contributed by atoms with van der Waals surface area (Å²) in [6.45, 7) is 0. The summed E-state index contributed by atoms with van der Waals surface area (Å²) in [5, 5.41) is 18.3. The minimum atomic E-state index is -0.317. The predicted octanol–water partition coefficient (Wildman–Crippen LogP) is 0.357. The summed E-state index contributed by atoms with van der Waals surface area (Å²) in [4.78, 5) is 3.58. The summed E-state index contributed by atoms with van der Waals surface area (Å²) < 4.78 is 0. The van der Waals surface area contributed by atoms with Gasteiger partial charge in [-0.2, -0.15) is 0 Å². The summed E-state index contributed by atoms with van der Waals surface area (Å²) >= 11 is 0. The lowest BCUT2D eigenvalue weighted by atomic mass is 10.4. The highest BCUT2D eigenvalue weighted by Crippen LogP contribution is 2.16. The molecule has 0 amide bonds. The Morgan fingerprint density at radius 3 is 2.80 bits per heavy atom. The topological polar surface area (TPSA) is 85.4 Å². The predicted molar refractivity (Wildman–Crippen MR) is 36.3 cm³/mol. The Bertz CT molecular complexity index is 226. The quantitative estimate of drug-likeness (QED) is 0.550. The molecule has 54 valence electrons. The minimum Gasteiger partial charge on any atom is -0.733 e. The van der Waals surface area contributed by atoms with Crippen molar-refractivity contribution in [3.05, 3.63) is 23.5 Å². The van der Waals surface area contributed by atoms with Crippen molar-refractivity contribution in [1.29, 1.82) is 0 Å². The first-order valence-corrected chi connectivity index (χ1v) is 2.58. The molecule has 0 atom stereocenters. The second kappa shape index (κ2) is 2.51. The van der Waals surface area contributed by atoms with E-state index in [2.05, 4.69) is 4.98 Å². The SMILES string of the molecule is Nc1ncccc1N([O-])O. The van der Waals surface area contributed by atoms with Crippen molar-refractivity contribution in [2.24, 2.45) is 0 Å². The molecule has 1 heterocycles. The second-order valence-electron chi connectivity index (χ2n) is 1.68. The summed E-state index contributed by atoms with van der Waals surface area (Å²) in [5.41, 5.74) is 5.17. The first-order chi connectivity index (χ1) is 4.72. The summed E-state index contributed by atoms with van der Waals surface area (Å²) in [7, 11) is 0. The van der Waals surface area contributed by atoms with Gasteiger partial charge >= 0.3 is 0 Å². The van der Waals surface area contributed by atoms with E-state index in [9.17, 15) is 5.21 Å². The lowest BCUT2D eigenvalue weighted by Gasteiger charge is -2.21. The van der Waals surface area contributed by atoms with Gasteiger partial charge in [-0.3, -0.25) is 5.21 Å². The van der Waals surface area contributed by atoms with E-state index in [1.54, 1.807) is 0 Å². The number of nitrogens with two attached hydrogens (primary N) is 1. The Labute approximate surface area is 57.2 Å². The van der Waals surface area contributed by atoms with Crippen molar-refractivity contribution in [1.82, 2.24) is 4.98 Å². The highest BCUT2D eigenvalue weighted by molar-refractivity contribution is 5.61. The molecule has 1 aromatic heterocycles. The van der Waals surface area contributed by atoms with Crippen LogP contribution in [0.4, 0.5) is 11.5 Å². The smallest absolute Gasteiger partial charge is 0.148 e. The molecule has 10 heavy (non-hydrogen) atoms. The summed E-state index contributed by atoms with van der Waals surface area (Å²) in [5.74, 6) is 0.0139. The number of pyridine rings is 1. The third kappa shape index (κ3) is 1.15. The molecule has 0 fully saturated rings. The molecule has 0 unspecified atom stereocenters. The van der Waals surface area contributed by atoms with E-state index in [0.29, 0.717) is 0 Å². The zero-order valence-corrected chi connectivity index (χ0v) is 5.06. The Morgan fingerprint density at radius 2 is 2.40 bits per heavy atom. The molecule has 0 bridgehead atoms.